The fourth-order valence-electron chi connectivity index (χ4n) is 8.68. The van der Waals surface area contributed by atoms with Gasteiger partial charge < -0.3 is 4.57 Å². The molecule has 8 aromatic carbocycles. The van der Waals surface area contributed by atoms with Gasteiger partial charge in [-0.2, -0.15) is 0 Å². The molecule has 0 aliphatic heterocycles. The molecule has 4 aromatic heterocycles. The molecule has 0 aliphatic rings. The number of fused-ring (bicyclic) bond motifs is 14. The van der Waals surface area contributed by atoms with Crippen molar-refractivity contribution in [1.82, 2.24) is 19.1 Å². The molecule has 0 spiro atoms. The Morgan fingerprint density at radius 2 is 1.04 bits per heavy atom. The molecular weight excluding hydrogens is 665 g/mol. The third-order valence-corrected chi connectivity index (χ3v) is 12.1. The summed E-state index contributed by atoms with van der Waals surface area (Å²) in [6.07, 6.45) is 0. The van der Waals surface area contributed by atoms with E-state index in [0.717, 1.165) is 38.9 Å². The Labute approximate surface area is 307 Å². The van der Waals surface area contributed by atoms with E-state index >= 15 is 0 Å². The van der Waals surface area contributed by atoms with Crippen LogP contribution in [0.15, 0.2) is 170 Å². The van der Waals surface area contributed by atoms with Crippen molar-refractivity contribution in [3.8, 4) is 22.9 Å². The first-order valence-electron chi connectivity index (χ1n) is 17.9. The van der Waals surface area contributed by atoms with Crippen molar-refractivity contribution in [2.75, 3.05) is 0 Å². The third-order valence-electron chi connectivity index (χ3n) is 10.9. The zero-order valence-corrected chi connectivity index (χ0v) is 29.2. The summed E-state index contributed by atoms with van der Waals surface area (Å²) < 4.78 is 7.28. The fraction of sp³-hybridized carbons (Fsp3) is 0. The van der Waals surface area contributed by atoms with Crippen molar-refractivity contribution in [1.29, 1.82) is 0 Å². The Morgan fingerprint density at radius 3 is 1.83 bits per heavy atom. The number of benzene rings is 8. The van der Waals surface area contributed by atoms with Crippen LogP contribution in [0.1, 0.15) is 0 Å². The standard InChI is InChI=1S/C48H28N4S/c1-3-15-29(16-4-1)45-34-22-9-12-24-38(34)49-48(50-45)52-40-26-14-11-23-35(40)43-32-20-7-8-21-33(32)47-44(46(43)52)37-27-36-31-19-10-13-25-39(31)51(30-17-5-2-6-18-30)41(36)28-42(37)53-47/h1-28H. The summed E-state index contributed by atoms with van der Waals surface area (Å²) in [5.41, 5.74) is 8.74. The van der Waals surface area contributed by atoms with Crippen LogP contribution in [0.2, 0.25) is 0 Å². The third kappa shape index (κ3) is 4.00. The van der Waals surface area contributed by atoms with Crippen LogP contribution in [0.3, 0.4) is 0 Å². The summed E-state index contributed by atoms with van der Waals surface area (Å²) in [5.74, 6) is 0.673. The van der Waals surface area contributed by atoms with Crippen molar-refractivity contribution < 1.29 is 0 Å². The number of thiophene rings is 1. The molecule has 12 aromatic rings. The second-order valence-electron chi connectivity index (χ2n) is 13.7. The summed E-state index contributed by atoms with van der Waals surface area (Å²) >= 11 is 1.88. The Balaban J connectivity index is 1.30. The molecule has 0 saturated heterocycles. The van der Waals surface area contributed by atoms with Gasteiger partial charge in [0.15, 0.2) is 0 Å². The highest BCUT2D eigenvalue weighted by Crippen LogP contribution is 2.49. The highest BCUT2D eigenvalue weighted by Gasteiger charge is 2.25. The summed E-state index contributed by atoms with van der Waals surface area (Å²) in [6.45, 7) is 0. The minimum atomic E-state index is 0.673. The molecule has 0 unspecified atom stereocenters. The van der Waals surface area contributed by atoms with E-state index < -0.39 is 0 Å². The van der Waals surface area contributed by atoms with E-state index in [1.807, 2.05) is 11.3 Å². The van der Waals surface area contributed by atoms with E-state index in [9.17, 15) is 0 Å². The second-order valence-corrected chi connectivity index (χ2v) is 14.8. The molecule has 4 nitrogen and oxygen atoms in total. The molecule has 0 fully saturated rings. The smallest absolute Gasteiger partial charge is 0.235 e. The molecule has 0 amide bonds. The number of nitrogens with zero attached hydrogens (tertiary/aromatic N) is 4. The van der Waals surface area contributed by atoms with E-state index in [-0.39, 0.29) is 0 Å². The highest BCUT2D eigenvalue weighted by molar-refractivity contribution is 7.27. The first-order valence-corrected chi connectivity index (χ1v) is 18.7. The number of para-hydroxylation sites is 4. The van der Waals surface area contributed by atoms with Crippen molar-refractivity contribution in [2.45, 2.75) is 0 Å². The summed E-state index contributed by atoms with van der Waals surface area (Å²) in [5, 5.41) is 11.0. The predicted octanol–water partition coefficient (Wildman–Crippen LogP) is 13.0. The second kappa shape index (κ2) is 10.8. The predicted molar refractivity (Wildman–Crippen MR) is 224 cm³/mol. The van der Waals surface area contributed by atoms with Crippen molar-refractivity contribution >= 4 is 96.8 Å². The quantitative estimate of drug-likeness (QED) is 0.185. The zero-order valence-electron chi connectivity index (χ0n) is 28.4. The fourth-order valence-corrected chi connectivity index (χ4v) is 9.93. The van der Waals surface area contributed by atoms with Crippen LogP contribution in [0.5, 0.6) is 0 Å². The van der Waals surface area contributed by atoms with Gasteiger partial charge in [0.2, 0.25) is 5.95 Å². The molecular formula is C48H28N4S. The average molecular weight is 693 g/mol. The van der Waals surface area contributed by atoms with Gasteiger partial charge in [0.25, 0.3) is 0 Å². The minimum absolute atomic E-state index is 0.673. The molecule has 246 valence electrons. The normalized spacial score (nSPS) is 12.2. The van der Waals surface area contributed by atoms with Gasteiger partial charge in [-0.05, 0) is 47.9 Å². The summed E-state index contributed by atoms with van der Waals surface area (Å²) in [4.78, 5) is 10.8. The summed E-state index contributed by atoms with van der Waals surface area (Å²) in [7, 11) is 0. The van der Waals surface area contributed by atoms with Crippen LogP contribution in [-0.2, 0) is 0 Å². The van der Waals surface area contributed by atoms with Crippen molar-refractivity contribution in [2.24, 2.45) is 0 Å². The van der Waals surface area contributed by atoms with Crippen molar-refractivity contribution in [3.05, 3.63) is 170 Å². The van der Waals surface area contributed by atoms with Crippen molar-refractivity contribution in [3.63, 3.8) is 0 Å². The first-order chi connectivity index (χ1) is 26.3. The zero-order chi connectivity index (χ0) is 34.6. The first kappa shape index (κ1) is 28.8. The van der Waals surface area contributed by atoms with Crippen LogP contribution in [-0.4, -0.2) is 19.1 Å². The number of aromatic nitrogens is 4. The van der Waals surface area contributed by atoms with Gasteiger partial charge in [-0.25, -0.2) is 9.97 Å². The Kier molecular flexibility index (Phi) is 5.90. The summed E-state index contributed by atoms with van der Waals surface area (Å²) in [6, 6.07) is 60.9. The van der Waals surface area contributed by atoms with Gasteiger partial charge in [-0.15, -0.1) is 11.3 Å². The monoisotopic (exact) mass is 692 g/mol. The Hall–Kier alpha value is -6.82. The maximum Gasteiger partial charge on any atom is 0.235 e. The van der Waals surface area contributed by atoms with E-state index in [0.29, 0.717) is 5.95 Å². The molecule has 0 radical (unpaired) electrons. The lowest BCUT2D eigenvalue weighted by molar-refractivity contribution is 1.02. The van der Waals surface area contributed by atoms with Crippen LogP contribution in [0.25, 0.3) is 108 Å². The van der Waals surface area contributed by atoms with Crippen LogP contribution in [0, 0.1) is 0 Å². The lowest BCUT2D eigenvalue weighted by Gasteiger charge is -2.13. The number of hydrogen-bond acceptors (Lipinski definition) is 3. The highest BCUT2D eigenvalue weighted by atomic mass is 32.1. The molecule has 0 saturated carbocycles. The lowest BCUT2D eigenvalue weighted by atomic mass is 9.99. The van der Waals surface area contributed by atoms with Gasteiger partial charge in [-0.3, -0.25) is 4.57 Å². The molecule has 0 bridgehead atoms. The lowest BCUT2D eigenvalue weighted by Crippen LogP contribution is -2.03. The molecule has 53 heavy (non-hydrogen) atoms. The topological polar surface area (TPSA) is 35.6 Å². The van der Waals surface area contributed by atoms with E-state index in [1.54, 1.807) is 0 Å². The molecule has 12 rings (SSSR count). The van der Waals surface area contributed by atoms with E-state index in [1.165, 1.54) is 63.5 Å². The molecule has 0 atom stereocenters. The van der Waals surface area contributed by atoms with Gasteiger partial charge in [0.05, 0.1) is 33.3 Å². The average Bonchev–Trinajstić information content (AvgIpc) is 3.88. The maximum absolute atomic E-state index is 5.44. The Bertz CT molecular complexity index is 3450. The van der Waals surface area contributed by atoms with E-state index in [4.69, 9.17) is 9.97 Å². The largest absolute Gasteiger partial charge is 0.309 e. The number of hydrogen-bond donors (Lipinski definition) is 0. The van der Waals surface area contributed by atoms with Gasteiger partial charge in [0.1, 0.15) is 0 Å². The Morgan fingerprint density at radius 1 is 0.415 bits per heavy atom. The molecule has 4 heterocycles. The molecule has 0 aliphatic carbocycles. The minimum Gasteiger partial charge on any atom is -0.309 e. The number of rotatable bonds is 3. The SMILES string of the molecule is c1ccc(-c2nc(-n3c4ccccc4c4c5ccccc5c5sc6cc7c(cc6c5c43)c3ccccc3n7-c3ccccc3)nc3ccccc23)cc1. The van der Waals surface area contributed by atoms with Crippen LogP contribution < -0.4 is 0 Å². The van der Waals surface area contributed by atoms with E-state index in [2.05, 4.69) is 179 Å². The molecule has 0 N–H and O–H groups in total. The van der Waals surface area contributed by atoms with Gasteiger partial charge in [-0.1, -0.05) is 127 Å². The maximum atomic E-state index is 5.44. The van der Waals surface area contributed by atoms with Crippen LogP contribution >= 0.6 is 11.3 Å². The molecule has 5 heteroatoms. The van der Waals surface area contributed by atoms with Gasteiger partial charge >= 0.3 is 0 Å². The van der Waals surface area contributed by atoms with Crippen LogP contribution in [0.4, 0.5) is 0 Å². The van der Waals surface area contributed by atoms with Gasteiger partial charge in [0, 0.05) is 63.7 Å².